The fourth-order valence-electron chi connectivity index (χ4n) is 3.74. The molecule has 0 amide bonds. The number of allylic oxidation sites excluding steroid dienone is 2. The number of esters is 2. The standard InChI is InChI=1S/C15H14O6/c1-3-7-11-15(21-13(7)17)5-4-8-9(12(16)18-2)6-19-14(20-11)10(8)15/h3-6,8,10-11,14H,1-2H3/b7-3+/t8-,10-,11?,14-,15+/m1/s1. The summed E-state index contributed by atoms with van der Waals surface area (Å²) in [7, 11) is 1.32. The van der Waals surface area contributed by atoms with Gasteiger partial charge in [-0.2, -0.15) is 0 Å². The summed E-state index contributed by atoms with van der Waals surface area (Å²) in [6.45, 7) is 1.77. The zero-order valence-electron chi connectivity index (χ0n) is 11.6. The summed E-state index contributed by atoms with van der Waals surface area (Å²) < 4.78 is 21.8. The van der Waals surface area contributed by atoms with Gasteiger partial charge in [-0.25, -0.2) is 9.59 Å². The molecule has 1 aliphatic carbocycles. The summed E-state index contributed by atoms with van der Waals surface area (Å²) in [5.41, 5.74) is 0.0425. The number of ether oxygens (including phenoxy) is 4. The van der Waals surface area contributed by atoms with Gasteiger partial charge in [-0.3, -0.25) is 0 Å². The maximum atomic E-state index is 12.0. The Morgan fingerprint density at radius 1 is 1.48 bits per heavy atom. The molecule has 110 valence electrons. The highest BCUT2D eigenvalue weighted by atomic mass is 16.7. The summed E-state index contributed by atoms with van der Waals surface area (Å²) in [6, 6.07) is 0. The lowest BCUT2D eigenvalue weighted by Crippen LogP contribution is -2.43. The van der Waals surface area contributed by atoms with Crippen LogP contribution >= 0.6 is 0 Å². The van der Waals surface area contributed by atoms with Gasteiger partial charge >= 0.3 is 11.9 Å². The molecule has 2 fully saturated rings. The summed E-state index contributed by atoms with van der Waals surface area (Å²) in [5.74, 6) is -1.31. The highest BCUT2D eigenvalue weighted by Crippen LogP contribution is 2.57. The SMILES string of the molecule is C/C=C1/C(=O)O[C@]23C=C[C@@H]4C(C(=O)OC)=CO[C@H](OC12)[C@@H]43. The first-order chi connectivity index (χ1) is 10.1. The van der Waals surface area contributed by atoms with Crippen LogP contribution in [-0.2, 0) is 28.5 Å². The van der Waals surface area contributed by atoms with E-state index in [1.165, 1.54) is 13.4 Å². The summed E-state index contributed by atoms with van der Waals surface area (Å²) in [5, 5.41) is 0. The van der Waals surface area contributed by atoms with E-state index in [9.17, 15) is 9.59 Å². The molecule has 0 aromatic rings. The molecule has 0 N–H and O–H groups in total. The molecule has 3 heterocycles. The van der Waals surface area contributed by atoms with Gasteiger partial charge in [-0.15, -0.1) is 0 Å². The van der Waals surface area contributed by atoms with Gasteiger partial charge in [0.2, 0.25) is 6.29 Å². The first kappa shape index (κ1) is 12.6. The summed E-state index contributed by atoms with van der Waals surface area (Å²) in [4.78, 5) is 23.8. The van der Waals surface area contributed by atoms with E-state index < -0.39 is 24.0 Å². The maximum Gasteiger partial charge on any atom is 0.337 e. The number of hydrogen-bond donors (Lipinski definition) is 0. The van der Waals surface area contributed by atoms with Crippen LogP contribution in [0.2, 0.25) is 0 Å². The van der Waals surface area contributed by atoms with Crippen molar-refractivity contribution in [2.24, 2.45) is 11.8 Å². The lowest BCUT2D eigenvalue weighted by atomic mass is 9.78. The van der Waals surface area contributed by atoms with Crippen molar-refractivity contribution in [3.63, 3.8) is 0 Å². The first-order valence-electron chi connectivity index (χ1n) is 6.80. The minimum Gasteiger partial charge on any atom is -0.471 e. The third-order valence-corrected chi connectivity index (χ3v) is 4.65. The number of hydrogen-bond acceptors (Lipinski definition) is 6. The third kappa shape index (κ3) is 1.35. The van der Waals surface area contributed by atoms with Gasteiger partial charge in [0.05, 0.1) is 30.4 Å². The molecule has 0 aromatic carbocycles. The quantitative estimate of drug-likeness (QED) is 0.405. The third-order valence-electron chi connectivity index (χ3n) is 4.65. The van der Waals surface area contributed by atoms with Crippen LogP contribution in [0.5, 0.6) is 0 Å². The Bertz CT molecular complexity index is 630. The minimum absolute atomic E-state index is 0.231. The van der Waals surface area contributed by atoms with Crippen LogP contribution in [0.4, 0.5) is 0 Å². The first-order valence-corrected chi connectivity index (χ1v) is 6.80. The van der Waals surface area contributed by atoms with Crippen molar-refractivity contribution in [2.45, 2.75) is 24.9 Å². The summed E-state index contributed by atoms with van der Waals surface area (Å²) >= 11 is 0. The second-order valence-corrected chi connectivity index (χ2v) is 5.48. The smallest absolute Gasteiger partial charge is 0.337 e. The van der Waals surface area contributed by atoms with Gasteiger partial charge in [0.1, 0.15) is 6.10 Å². The van der Waals surface area contributed by atoms with E-state index in [2.05, 4.69) is 0 Å². The normalized spacial score (nSPS) is 44.0. The van der Waals surface area contributed by atoms with Gasteiger partial charge < -0.3 is 18.9 Å². The van der Waals surface area contributed by atoms with E-state index in [-0.39, 0.29) is 17.8 Å². The maximum absolute atomic E-state index is 12.0. The number of carbonyl (C=O) groups is 2. The average molecular weight is 290 g/mol. The van der Waals surface area contributed by atoms with E-state index in [1.807, 2.05) is 12.2 Å². The number of carbonyl (C=O) groups excluding carboxylic acids is 2. The molecular weight excluding hydrogens is 276 g/mol. The van der Waals surface area contributed by atoms with Crippen molar-refractivity contribution in [3.8, 4) is 0 Å². The zero-order valence-corrected chi connectivity index (χ0v) is 11.6. The monoisotopic (exact) mass is 290 g/mol. The van der Waals surface area contributed by atoms with Gasteiger partial charge in [-0.05, 0) is 13.0 Å². The van der Waals surface area contributed by atoms with E-state index in [0.717, 1.165) is 0 Å². The predicted octanol–water partition coefficient (Wildman–Crippen LogP) is 0.842. The highest BCUT2D eigenvalue weighted by Gasteiger charge is 2.70. The van der Waals surface area contributed by atoms with Crippen molar-refractivity contribution in [1.82, 2.24) is 0 Å². The number of rotatable bonds is 1. The predicted molar refractivity (Wildman–Crippen MR) is 68.5 cm³/mol. The Labute approximate surface area is 121 Å². The molecule has 0 saturated carbocycles. The van der Waals surface area contributed by atoms with E-state index >= 15 is 0 Å². The van der Waals surface area contributed by atoms with Gasteiger partial charge in [0, 0.05) is 5.92 Å². The molecule has 0 bridgehead atoms. The van der Waals surface area contributed by atoms with Gasteiger partial charge in [-0.1, -0.05) is 12.2 Å². The van der Waals surface area contributed by atoms with Crippen LogP contribution in [0.3, 0.4) is 0 Å². The van der Waals surface area contributed by atoms with Crippen LogP contribution in [-0.4, -0.2) is 37.0 Å². The molecule has 4 rings (SSSR count). The molecule has 2 saturated heterocycles. The summed E-state index contributed by atoms with van der Waals surface area (Å²) in [6.07, 6.45) is 5.77. The Kier molecular flexibility index (Phi) is 2.39. The Morgan fingerprint density at radius 2 is 2.29 bits per heavy atom. The highest BCUT2D eigenvalue weighted by molar-refractivity contribution is 5.94. The van der Waals surface area contributed by atoms with Crippen LogP contribution in [0.1, 0.15) is 6.92 Å². The number of methoxy groups -OCH3 is 1. The van der Waals surface area contributed by atoms with Crippen molar-refractivity contribution >= 4 is 11.9 Å². The average Bonchev–Trinajstić information content (AvgIpc) is 3.08. The lowest BCUT2D eigenvalue weighted by molar-refractivity contribution is -0.152. The van der Waals surface area contributed by atoms with E-state index in [1.54, 1.807) is 13.0 Å². The van der Waals surface area contributed by atoms with Gasteiger partial charge in [0.15, 0.2) is 5.60 Å². The van der Waals surface area contributed by atoms with Crippen molar-refractivity contribution in [2.75, 3.05) is 7.11 Å². The van der Waals surface area contributed by atoms with Crippen LogP contribution in [0, 0.1) is 11.8 Å². The Morgan fingerprint density at radius 3 is 3.00 bits per heavy atom. The molecule has 5 atom stereocenters. The fourth-order valence-corrected chi connectivity index (χ4v) is 3.74. The molecule has 1 unspecified atom stereocenters. The topological polar surface area (TPSA) is 71.1 Å². The van der Waals surface area contributed by atoms with E-state index in [0.29, 0.717) is 11.1 Å². The molecular formula is C15H14O6. The Hall–Kier alpha value is -2.08. The van der Waals surface area contributed by atoms with Gasteiger partial charge in [0.25, 0.3) is 0 Å². The van der Waals surface area contributed by atoms with Crippen LogP contribution in [0.15, 0.2) is 35.6 Å². The molecule has 21 heavy (non-hydrogen) atoms. The van der Waals surface area contributed by atoms with Crippen molar-refractivity contribution in [1.29, 1.82) is 0 Å². The van der Waals surface area contributed by atoms with Crippen LogP contribution in [0.25, 0.3) is 0 Å². The lowest BCUT2D eigenvalue weighted by Gasteiger charge is -2.32. The zero-order chi connectivity index (χ0) is 14.8. The van der Waals surface area contributed by atoms with Crippen molar-refractivity contribution < 1.29 is 28.5 Å². The second kappa shape index (κ2) is 3.98. The van der Waals surface area contributed by atoms with Crippen molar-refractivity contribution in [3.05, 3.63) is 35.6 Å². The molecule has 1 spiro atoms. The van der Waals surface area contributed by atoms with E-state index in [4.69, 9.17) is 18.9 Å². The molecule has 6 nitrogen and oxygen atoms in total. The molecule has 6 heteroatoms. The second-order valence-electron chi connectivity index (χ2n) is 5.48. The molecule has 0 radical (unpaired) electrons. The largest absolute Gasteiger partial charge is 0.471 e. The minimum atomic E-state index is -0.873. The molecule has 4 aliphatic rings. The van der Waals surface area contributed by atoms with Crippen LogP contribution < -0.4 is 0 Å². The Balaban J connectivity index is 1.78. The molecule has 0 aromatic heterocycles. The fraction of sp³-hybridized carbons (Fsp3) is 0.467. The molecule has 3 aliphatic heterocycles.